The van der Waals surface area contributed by atoms with E-state index in [1.54, 1.807) is 0 Å². The molecular formula is C43H30S. The Labute approximate surface area is 262 Å². The van der Waals surface area contributed by atoms with Crippen molar-refractivity contribution in [3.63, 3.8) is 0 Å². The second-order valence-electron chi connectivity index (χ2n) is 11.3. The Bertz CT molecular complexity index is 2300. The zero-order chi connectivity index (χ0) is 29.5. The molecule has 1 heterocycles. The van der Waals surface area contributed by atoms with E-state index in [4.69, 9.17) is 0 Å². The second kappa shape index (κ2) is 11.1. The molecule has 1 aromatic heterocycles. The Hall–Kier alpha value is -5.24. The van der Waals surface area contributed by atoms with E-state index in [1.807, 2.05) is 11.3 Å². The summed E-state index contributed by atoms with van der Waals surface area (Å²) in [6.45, 7) is 4.67. The molecule has 0 spiro atoms. The summed E-state index contributed by atoms with van der Waals surface area (Å²) in [5.74, 6) is 0. The molecule has 0 saturated carbocycles. The van der Waals surface area contributed by atoms with Crippen LogP contribution in [-0.4, -0.2) is 0 Å². The van der Waals surface area contributed by atoms with E-state index in [1.165, 1.54) is 64.3 Å². The Morgan fingerprint density at radius 1 is 0.568 bits per heavy atom. The van der Waals surface area contributed by atoms with Crippen LogP contribution in [0.4, 0.5) is 0 Å². The summed E-state index contributed by atoms with van der Waals surface area (Å²) in [6.07, 6.45) is 9.73. The highest BCUT2D eigenvalue weighted by atomic mass is 32.1. The second-order valence-corrected chi connectivity index (χ2v) is 12.4. The molecule has 6 aromatic carbocycles. The van der Waals surface area contributed by atoms with Crippen molar-refractivity contribution in [2.75, 3.05) is 0 Å². The van der Waals surface area contributed by atoms with Crippen molar-refractivity contribution in [3.05, 3.63) is 192 Å². The number of allylic oxidation sites excluding steroid dienone is 5. The molecule has 0 amide bonds. The average molecular weight is 579 g/mol. The third-order valence-corrected chi connectivity index (χ3v) is 9.85. The van der Waals surface area contributed by atoms with Gasteiger partial charge in [0, 0.05) is 20.2 Å². The molecule has 0 radical (unpaired) electrons. The Morgan fingerprint density at radius 2 is 1.27 bits per heavy atom. The maximum absolute atomic E-state index is 4.67. The van der Waals surface area contributed by atoms with Crippen molar-refractivity contribution in [1.82, 2.24) is 0 Å². The van der Waals surface area contributed by atoms with E-state index in [9.17, 15) is 0 Å². The minimum absolute atomic E-state index is 0.894. The molecule has 1 aliphatic rings. The van der Waals surface area contributed by atoms with Gasteiger partial charge in [-0.1, -0.05) is 146 Å². The fraction of sp³-hybridized carbons (Fsp3) is 0.0233. The standard InChI is InChI=1S/C43H30S/c1-29(30-22-24-32(25-23-30)35-27-26-31-12-5-6-15-34(31)28-35)36-16-7-8-17-37(36)42(33-13-3-2-4-14-33)39-19-11-21-41-43(39)38-18-9-10-20-40(38)44-41/h2-13,15-28H,1,14H2/b42-33+. The SMILES string of the molecule is C=C(c1ccc(-c2ccc3ccccc3c2)cc1)c1ccccc1/C(=C1/C=CC=CC1)c1cccc2sc3ccccc3c12. The molecule has 0 saturated heterocycles. The lowest BCUT2D eigenvalue weighted by Crippen LogP contribution is -2.00. The van der Waals surface area contributed by atoms with Crippen LogP contribution in [0.25, 0.3) is 53.2 Å². The predicted molar refractivity (Wildman–Crippen MR) is 192 cm³/mol. The third kappa shape index (κ3) is 4.63. The highest BCUT2D eigenvalue weighted by Gasteiger charge is 2.20. The molecule has 7 aromatic rings. The van der Waals surface area contributed by atoms with Crippen LogP contribution < -0.4 is 0 Å². The fourth-order valence-electron chi connectivity index (χ4n) is 6.53. The molecule has 8 rings (SSSR count). The van der Waals surface area contributed by atoms with Crippen LogP contribution in [0.5, 0.6) is 0 Å². The largest absolute Gasteiger partial charge is 0.135 e. The monoisotopic (exact) mass is 578 g/mol. The predicted octanol–water partition coefficient (Wildman–Crippen LogP) is 12.3. The zero-order valence-electron chi connectivity index (χ0n) is 24.3. The van der Waals surface area contributed by atoms with E-state index >= 15 is 0 Å². The lowest BCUT2D eigenvalue weighted by atomic mass is 9.83. The highest BCUT2D eigenvalue weighted by Crippen LogP contribution is 2.43. The molecule has 1 aliphatic carbocycles. The van der Waals surface area contributed by atoms with Gasteiger partial charge in [-0.15, -0.1) is 11.3 Å². The van der Waals surface area contributed by atoms with E-state index < -0.39 is 0 Å². The van der Waals surface area contributed by atoms with Crippen LogP contribution in [0, 0.1) is 0 Å². The quantitative estimate of drug-likeness (QED) is 0.191. The molecule has 0 nitrogen and oxygen atoms in total. The van der Waals surface area contributed by atoms with Gasteiger partial charge < -0.3 is 0 Å². The topological polar surface area (TPSA) is 0 Å². The highest BCUT2D eigenvalue weighted by molar-refractivity contribution is 7.25. The minimum Gasteiger partial charge on any atom is -0.135 e. The van der Waals surface area contributed by atoms with Gasteiger partial charge in [-0.3, -0.25) is 0 Å². The van der Waals surface area contributed by atoms with Crippen molar-refractivity contribution in [3.8, 4) is 11.1 Å². The molecule has 0 unspecified atom stereocenters. The van der Waals surface area contributed by atoms with Crippen LogP contribution in [0.1, 0.15) is 28.7 Å². The number of benzene rings is 6. The van der Waals surface area contributed by atoms with Gasteiger partial charge in [0.2, 0.25) is 0 Å². The summed E-state index contributed by atoms with van der Waals surface area (Å²) in [5.41, 5.74) is 10.8. The summed E-state index contributed by atoms with van der Waals surface area (Å²) in [6, 6.07) is 48.4. The lowest BCUT2D eigenvalue weighted by Gasteiger charge is -2.20. The van der Waals surface area contributed by atoms with Crippen molar-refractivity contribution in [2.45, 2.75) is 6.42 Å². The summed E-state index contributed by atoms with van der Waals surface area (Å²) in [7, 11) is 0. The van der Waals surface area contributed by atoms with Gasteiger partial charge in [0.25, 0.3) is 0 Å². The van der Waals surface area contributed by atoms with E-state index in [0.717, 1.165) is 23.1 Å². The molecule has 0 fully saturated rings. The van der Waals surface area contributed by atoms with E-state index in [0.29, 0.717) is 0 Å². The van der Waals surface area contributed by atoms with Gasteiger partial charge in [0.15, 0.2) is 0 Å². The van der Waals surface area contributed by atoms with Crippen LogP contribution >= 0.6 is 11.3 Å². The molecule has 0 N–H and O–H groups in total. The first kappa shape index (κ1) is 26.4. The van der Waals surface area contributed by atoms with Crippen LogP contribution in [0.15, 0.2) is 170 Å². The average Bonchev–Trinajstić information content (AvgIpc) is 3.48. The number of fused-ring (bicyclic) bond motifs is 4. The van der Waals surface area contributed by atoms with E-state index in [-0.39, 0.29) is 0 Å². The summed E-state index contributed by atoms with van der Waals surface area (Å²) in [5, 5.41) is 5.17. The Kier molecular flexibility index (Phi) is 6.67. The van der Waals surface area contributed by atoms with Gasteiger partial charge in [0.1, 0.15) is 0 Å². The number of hydrogen-bond acceptors (Lipinski definition) is 1. The Balaban J connectivity index is 1.25. The van der Waals surface area contributed by atoms with Crippen molar-refractivity contribution in [1.29, 1.82) is 0 Å². The Morgan fingerprint density at radius 3 is 2.11 bits per heavy atom. The number of rotatable bonds is 5. The summed E-state index contributed by atoms with van der Waals surface area (Å²) >= 11 is 1.87. The summed E-state index contributed by atoms with van der Waals surface area (Å²) < 4.78 is 2.64. The van der Waals surface area contributed by atoms with Crippen molar-refractivity contribution in [2.24, 2.45) is 0 Å². The molecule has 208 valence electrons. The van der Waals surface area contributed by atoms with Crippen LogP contribution in [0.3, 0.4) is 0 Å². The molecule has 44 heavy (non-hydrogen) atoms. The summed E-state index contributed by atoms with van der Waals surface area (Å²) in [4.78, 5) is 0. The minimum atomic E-state index is 0.894. The molecule has 1 heteroatoms. The molecule has 0 atom stereocenters. The fourth-order valence-corrected chi connectivity index (χ4v) is 7.66. The van der Waals surface area contributed by atoms with Gasteiger partial charge in [-0.25, -0.2) is 0 Å². The van der Waals surface area contributed by atoms with Gasteiger partial charge in [0.05, 0.1) is 0 Å². The maximum atomic E-state index is 4.67. The van der Waals surface area contributed by atoms with Gasteiger partial charge >= 0.3 is 0 Å². The lowest BCUT2D eigenvalue weighted by molar-refractivity contribution is 1.26. The first-order chi connectivity index (χ1) is 21.7. The number of hydrogen-bond donors (Lipinski definition) is 0. The maximum Gasteiger partial charge on any atom is 0.0361 e. The van der Waals surface area contributed by atoms with Crippen LogP contribution in [-0.2, 0) is 0 Å². The van der Waals surface area contributed by atoms with E-state index in [2.05, 4.69) is 164 Å². The molecule has 0 bridgehead atoms. The van der Waals surface area contributed by atoms with Gasteiger partial charge in [-0.05, 0) is 85.5 Å². The first-order valence-corrected chi connectivity index (χ1v) is 15.9. The first-order valence-electron chi connectivity index (χ1n) is 15.1. The van der Waals surface area contributed by atoms with Crippen molar-refractivity contribution < 1.29 is 0 Å². The smallest absolute Gasteiger partial charge is 0.0361 e. The third-order valence-electron chi connectivity index (χ3n) is 8.71. The normalized spacial score (nSPS) is 14.0. The zero-order valence-corrected chi connectivity index (χ0v) is 25.2. The number of thiophene rings is 1. The van der Waals surface area contributed by atoms with Crippen molar-refractivity contribution >= 4 is 53.4 Å². The van der Waals surface area contributed by atoms with Crippen LogP contribution in [0.2, 0.25) is 0 Å². The molecule has 0 aliphatic heterocycles. The molecular weight excluding hydrogens is 549 g/mol. The van der Waals surface area contributed by atoms with Gasteiger partial charge in [-0.2, -0.15) is 0 Å².